The highest BCUT2D eigenvalue weighted by molar-refractivity contribution is 5.86. The van der Waals surface area contributed by atoms with Crippen molar-refractivity contribution in [2.75, 3.05) is 13.6 Å². The van der Waals surface area contributed by atoms with Gasteiger partial charge >= 0.3 is 0 Å². The van der Waals surface area contributed by atoms with E-state index in [0.717, 1.165) is 16.5 Å². The number of nitrogens with one attached hydrogen (secondary N) is 2. The van der Waals surface area contributed by atoms with Crippen LogP contribution in [0.25, 0.3) is 10.9 Å². The summed E-state index contributed by atoms with van der Waals surface area (Å²) in [5.74, 6) is 0.416. The van der Waals surface area contributed by atoms with E-state index in [1.165, 1.54) is 4.90 Å². The molecular weight excluding hydrogens is 318 g/mol. The summed E-state index contributed by atoms with van der Waals surface area (Å²) in [6.45, 7) is 0.358. The van der Waals surface area contributed by atoms with Crippen LogP contribution in [0.15, 0.2) is 53.3 Å². The molecule has 0 aliphatic heterocycles. The molecule has 0 saturated carbocycles. The molecule has 0 bridgehead atoms. The summed E-state index contributed by atoms with van der Waals surface area (Å²) in [4.78, 5) is 28.8. The molecule has 25 heavy (non-hydrogen) atoms. The Balaban J connectivity index is 1.46. The minimum Gasteiger partial charge on any atom is -0.467 e. The van der Waals surface area contributed by atoms with Gasteiger partial charge in [-0.3, -0.25) is 9.59 Å². The second-order valence-electron chi connectivity index (χ2n) is 5.97. The highest BCUT2D eigenvalue weighted by atomic mass is 16.3. The molecule has 0 saturated heterocycles. The molecule has 2 aromatic heterocycles. The molecule has 2 heterocycles. The molecule has 0 radical (unpaired) electrons. The van der Waals surface area contributed by atoms with E-state index in [-0.39, 0.29) is 18.4 Å². The van der Waals surface area contributed by atoms with Crippen LogP contribution in [0.4, 0.5) is 0 Å². The maximum Gasteiger partial charge on any atom is 0.239 e. The molecule has 0 aliphatic rings. The Morgan fingerprint density at radius 2 is 2.04 bits per heavy atom. The van der Waals surface area contributed by atoms with Gasteiger partial charge in [0, 0.05) is 30.6 Å². The molecule has 6 nitrogen and oxygen atoms in total. The Hall–Kier alpha value is -3.02. The van der Waals surface area contributed by atoms with Crippen molar-refractivity contribution in [2.24, 2.45) is 0 Å². The summed E-state index contributed by atoms with van der Waals surface area (Å²) in [6.07, 6.45) is 4.50. The molecule has 130 valence electrons. The number of aromatic nitrogens is 1. The SMILES string of the molecule is CN(CC(=O)NCc1ccco1)C(=O)CCc1c[nH]c2ccccc12. The Labute approximate surface area is 145 Å². The number of nitrogens with zero attached hydrogens (tertiary/aromatic N) is 1. The number of hydrogen-bond acceptors (Lipinski definition) is 3. The number of aromatic amines is 1. The molecule has 3 rings (SSSR count). The quantitative estimate of drug-likeness (QED) is 0.694. The number of H-pyrrole nitrogens is 1. The number of benzene rings is 1. The number of aryl methyl sites for hydroxylation is 1. The largest absolute Gasteiger partial charge is 0.467 e. The second kappa shape index (κ2) is 7.70. The minimum atomic E-state index is -0.209. The number of amides is 2. The highest BCUT2D eigenvalue weighted by Crippen LogP contribution is 2.19. The van der Waals surface area contributed by atoms with Crippen molar-refractivity contribution in [1.29, 1.82) is 0 Å². The first-order valence-electron chi connectivity index (χ1n) is 8.21. The first-order valence-corrected chi connectivity index (χ1v) is 8.21. The summed E-state index contributed by atoms with van der Waals surface area (Å²) < 4.78 is 5.15. The number of carbonyl (C=O) groups is 2. The van der Waals surface area contributed by atoms with Gasteiger partial charge in [-0.25, -0.2) is 0 Å². The summed E-state index contributed by atoms with van der Waals surface area (Å²) in [7, 11) is 1.64. The number of para-hydroxylation sites is 1. The van der Waals surface area contributed by atoms with Crippen molar-refractivity contribution in [3.8, 4) is 0 Å². The maximum atomic E-state index is 12.3. The van der Waals surface area contributed by atoms with Crippen molar-refractivity contribution < 1.29 is 14.0 Å². The minimum absolute atomic E-state index is 0.0351. The fraction of sp³-hybridized carbons (Fsp3) is 0.263. The maximum absolute atomic E-state index is 12.3. The average molecular weight is 339 g/mol. The zero-order valence-electron chi connectivity index (χ0n) is 14.1. The van der Waals surface area contributed by atoms with Crippen LogP contribution in [0, 0.1) is 0 Å². The molecule has 2 amide bonds. The van der Waals surface area contributed by atoms with Crippen LogP contribution >= 0.6 is 0 Å². The standard InChI is InChI=1S/C19H21N3O3/c1-22(13-18(23)21-12-15-5-4-10-25-15)19(24)9-8-14-11-20-17-7-3-2-6-16(14)17/h2-7,10-11,20H,8-9,12-13H2,1H3,(H,21,23). The normalized spacial score (nSPS) is 10.8. The van der Waals surface area contributed by atoms with Gasteiger partial charge in [-0.1, -0.05) is 18.2 Å². The van der Waals surface area contributed by atoms with Gasteiger partial charge in [0.2, 0.25) is 11.8 Å². The number of likely N-dealkylation sites (N-methyl/N-ethyl adjacent to an activating group) is 1. The van der Waals surface area contributed by atoms with E-state index >= 15 is 0 Å². The van der Waals surface area contributed by atoms with Gasteiger partial charge in [0.25, 0.3) is 0 Å². The third-order valence-corrected chi connectivity index (χ3v) is 4.13. The molecule has 3 aromatic rings. The highest BCUT2D eigenvalue weighted by Gasteiger charge is 2.14. The molecular formula is C19H21N3O3. The van der Waals surface area contributed by atoms with Gasteiger partial charge in [0.15, 0.2) is 0 Å². The Morgan fingerprint density at radius 1 is 1.20 bits per heavy atom. The smallest absolute Gasteiger partial charge is 0.239 e. The lowest BCUT2D eigenvalue weighted by Gasteiger charge is -2.16. The van der Waals surface area contributed by atoms with E-state index < -0.39 is 0 Å². The van der Waals surface area contributed by atoms with Crippen LogP contribution < -0.4 is 5.32 Å². The van der Waals surface area contributed by atoms with E-state index in [2.05, 4.69) is 10.3 Å². The fourth-order valence-corrected chi connectivity index (χ4v) is 2.73. The lowest BCUT2D eigenvalue weighted by atomic mass is 10.1. The third kappa shape index (κ3) is 4.29. The first kappa shape index (κ1) is 16.8. The number of rotatable bonds is 7. The van der Waals surface area contributed by atoms with Crippen LogP contribution in [0.2, 0.25) is 0 Å². The number of furan rings is 1. The Kier molecular flexibility index (Phi) is 5.18. The first-order chi connectivity index (χ1) is 12.1. The van der Waals surface area contributed by atoms with Crippen LogP contribution in [0.3, 0.4) is 0 Å². The van der Waals surface area contributed by atoms with Crippen molar-refractivity contribution in [1.82, 2.24) is 15.2 Å². The molecule has 0 fully saturated rings. The predicted molar refractivity (Wildman–Crippen MR) is 94.8 cm³/mol. The molecule has 0 spiro atoms. The third-order valence-electron chi connectivity index (χ3n) is 4.13. The number of carbonyl (C=O) groups excluding carboxylic acids is 2. The predicted octanol–water partition coefficient (Wildman–Crippen LogP) is 2.47. The van der Waals surface area contributed by atoms with Crippen molar-refractivity contribution in [3.05, 3.63) is 60.2 Å². The fourth-order valence-electron chi connectivity index (χ4n) is 2.73. The molecule has 0 atom stereocenters. The summed E-state index contributed by atoms with van der Waals surface area (Å²) >= 11 is 0. The lowest BCUT2D eigenvalue weighted by Crippen LogP contribution is -2.38. The van der Waals surface area contributed by atoms with Gasteiger partial charge in [0.05, 0.1) is 19.4 Å². The monoisotopic (exact) mass is 339 g/mol. The van der Waals surface area contributed by atoms with Gasteiger partial charge in [-0.2, -0.15) is 0 Å². The lowest BCUT2D eigenvalue weighted by molar-refractivity contribution is -0.134. The van der Waals surface area contributed by atoms with Gasteiger partial charge in [-0.05, 0) is 30.2 Å². The Bertz CT molecular complexity index is 852. The van der Waals surface area contributed by atoms with Crippen LogP contribution in [0.5, 0.6) is 0 Å². The van der Waals surface area contributed by atoms with Gasteiger partial charge < -0.3 is 19.6 Å². The summed E-state index contributed by atoms with van der Waals surface area (Å²) in [6, 6.07) is 11.6. The van der Waals surface area contributed by atoms with Crippen molar-refractivity contribution >= 4 is 22.7 Å². The van der Waals surface area contributed by atoms with Gasteiger partial charge in [0.1, 0.15) is 5.76 Å². The van der Waals surface area contributed by atoms with E-state index in [1.54, 1.807) is 25.4 Å². The average Bonchev–Trinajstić information content (AvgIpc) is 3.27. The van der Waals surface area contributed by atoms with Crippen LogP contribution in [0.1, 0.15) is 17.7 Å². The van der Waals surface area contributed by atoms with Crippen LogP contribution in [-0.2, 0) is 22.6 Å². The van der Waals surface area contributed by atoms with Gasteiger partial charge in [-0.15, -0.1) is 0 Å². The topological polar surface area (TPSA) is 78.3 Å². The molecule has 0 unspecified atom stereocenters. The summed E-state index contributed by atoms with van der Waals surface area (Å²) in [5, 5.41) is 3.87. The van der Waals surface area contributed by atoms with E-state index in [1.807, 2.05) is 30.5 Å². The molecule has 0 aliphatic carbocycles. The molecule has 6 heteroatoms. The van der Waals surface area contributed by atoms with E-state index in [0.29, 0.717) is 25.1 Å². The zero-order chi connectivity index (χ0) is 17.6. The number of fused-ring (bicyclic) bond motifs is 1. The second-order valence-corrected chi connectivity index (χ2v) is 5.97. The van der Waals surface area contributed by atoms with Crippen molar-refractivity contribution in [2.45, 2.75) is 19.4 Å². The number of hydrogen-bond donors (Lipinski definition) is 2. The van der Waals surface area contributed by atoms with Crippen LogP contribution in [-0.4, -0.2) is 35.3 Å². The van der Waals surface area contributed by atoms with E-state index in [9.17, 15) is 9.59 Å². The summed E-state index contributed by atoms with van der Waals surface area (Å²) in [5.41, 5.74) is 2.18. The zero-order valence-corrected chi connectivity index (χ0v) is 14.1. The van der Waals surface area contributed by atoms with E-state index in [4.69, 9.17) is 4.42 Å². The van der Waals surface area contributed by atoms with Crippen molar-refractivity contribution in [3.63, 3.8) is 0 Å². The molecule has 2 N–H and O–H groups in total. The Morgan fingerprint density at radius 3 is 2.84 bits per heavy atom. The molecule has 1 aromatic carbocycles.